The van der Waals surface area contributed by atoms with Gasteiger partial charge in [0.05, 0.1) is 17.8 Å². The molecule has 0 heterocycles. The van der Waals surface area contributed by atoms with Crippen LogP contribution in [0.5, 0.6) is 0 Å². The quantitative estimate of drug-likeness (QED) is 0.164. The van der Waals surface area contributed by atoms with Crippen molar-refractivity contribution in [2.75, 3.05) is 26.8 Å². The predicted octanol–water partition coefficient (Wildman–Crippen LogP) is 6.15. The number of rotatable bonds is 13. The Hall–Kier alpha value is -1.19. The Labute approximate surface area is 302 Å². The van der Waals surface area contributed by atoms with Gasteiger partial charge in [0.1, 0.15) is 12.2 Å². The maximum absolute atomic E-state index is 12.7. The van der Waals surface area contributed by atoms with Crippen LogP contribution >= 0.6 is 0 Å². The van der Waals surface area contributed by atoms with Gasteiger partial charge in [0.15, 0.2) is 0 Å². The topological polar surface area (TPSA) is 143 Å². The largest absolute Gasteiger partial charge is 0.511 e. The smallest absolute Gasteiger partial charge is 0.446 e. The molecule has 296 valence electrons. The number of hydrogen-bond acceptors (Lipinski definition) is 8. The number of methoxy groups -OCH3 is 1. The fourth-order valence-electron chi connectivity index (χ4n) is 12.9. The number of carbonyl (C=O) groups excluding carboxylic acids is 1. The molecule has 5 aliphatic carbocycles. The zero-order valence-electron chi connectivity index (χ0n) is 32.0. The molecule has 2 unspecified atom stereocenters. The van der Waals surface area contributed by atoms with E-state index in [-0.39, 0.29) is 57.7 Å². The third kappa shape index (κ3) is 6.45. The summed E-state index contributed by atoms with van der Waals surface area (Å²) in [5.41, 5.74) is -6.93. The first-order chi connectivity index (χ1) is 23.4. The minimum atomic E-state index is -5.48. The standard InChI is InChI=1S/C37H63F3N2O8S/c1-10-49-29(32(5,6)45)24(48-9)19-22(2)23-20-27(43)34(8)26-12-11-25-31(3,4)28(13-14-35(25)21-36(26,35)16-15-33(23,34)7)50-30(44)41-17-18-42-51(46,47)37(38,39)40/h22-29,42-43,45H,10-21H2,1-9H3,(H,41,44)/t22-,23-,24?,25+,26?,27+,28+,29+,33-,34-,35-,36+/m1/s1. The Bertz CT molecular complexity index is 1410. The fourth-order valence-corrected chi connectivity index (χ4v) is 13.4. The molecular weight excluding hydrogens is 689 g/mol. The molecule has 14 heteroatoms. The van der Waals surface area contributed by atoms with Crippen LogP contribution in [-0.4, -0.2) is 87.1 Å². The zero-order chi connectivity index (χ0) is 38.2. The van der Waals surface area contributed by atoms with E-state index < -0.39 is 46.0 Å². The SMILES string of the molecule is CCO[C@@H](C(C[C@@H](C)[C@H]1C[C@H](O)[C@@]2(C)C3CC[C@H]4C(C)(C)[C@@H](OC(=O)NCCNS(=O)(=O)C(F)(F)F)CC[C@@]45C[C@@]35CC[C@]12C)OC)C(C)(C)O. The molecule has 5 fully saturated rings. The van der Waals surface area contributed by atoms with Crippen LogP contribution in [0.4, 0.5) is 18.0 Å². The molecule has 51 heavy (non-hydrogen) atoms. The maximum atomic E-state index is 12.7. The monoisotopic (exact) mass is 752 g/mol. The van der Waals surface area contributed by atoms with Crippen molar-refractivity contribution in [3.63, 3.8) is 0 Å². The van der Waals surface area contributed by atoms with Gasteiger partial charge in [0, 0.05) is 37.6 Å². The molecule has 1 amide bonds. The van der Waals surface area contributed by atoms with Crippen LogP contribution in [0.15, 0.2) is 0 Å². The fraction of sp³-hybridized carbons (Fsp3) is 0.973. The van der Waals surface area contributed by atoms with E-state index in [1.807, 2.05) is 6.92 Å². The summed E-state index contributed by atoms with van der Waals surface area (Å²) in [5.74, 6) is 1.21. The highest BCUT2D eigenvalue weighted by molar-refractivity contribution is 7.90. The van der Waals surface area contributed by atoms with Gasteiger partial charge in [0.2, 0.25) is 0 Å². The van der Waals surface area contributed by atoms with Gasteiger partial charge in [0.25, 0.3) is 0 Å². The molecule has 12 atom stereocenters. The second kappa shape index (κ2) is 13.5. The average molecular weight is 753 g/mol. The normalized spacial score (nSPS) is 40.5. The Morgan fingerprint density at radius 3 is 2.22 bits per heavy atom. The van der Waals surface area contributed by atoms with Crippen LogP contribution < -0.4 is 10.0 Å². The molecule has 0 aromatic carbocycles. The number of alkyl halides is 3. The van der Waals surface area contributed by atoms with Crippen molar-refractivity contribution in [2.45, 2.75) is 149 Å². The van der Waals surface area contributed by atoms with Crippen molar-refractivity contribution in [3.05, 3.63) is 0 Å². The summed E-state index contributed by atoms with van der Waals surface area (Å²) in [4.78, 5) is 12.7. The lowest BCUT2D eigenvalue weighted by molar-refractivity contribution is -0.183. The molecule has 4 N–H and O–H groups in total. The average Bonchev–Trinajstić information content (AvgIpc) is 3.64. The van der Waals surface area contributed by atoms with Gasteiger partial charge in [-0.1, -0.05) is 34.6 Å². The van der Waals surface area contributed by atoms with Gasteiger partial charge in [-0.25, -0.2) is 17.9 Å². The van der Waals surface area contributed by atoms with Gasteiger partial charge in [-0.2, -0.15) is 13.2 Å². The second-order valence-corrected chi connectivity index (χ2v) is 20.0. The predicted molar refractivity (Wildman–Crippen MR) is 186 cm³/mol. The van der Waals surface area contributed by atoms with E-state index in [2.05, 4.69) is 39.9 Å². The molecule has 0 bridgehead atoms. The van der Waals surface area contributed by atoms with Crippen molar-refractivity contribution in [1.82, 2.24) is 10.0 Å². The summed E-state index contributed by atoms with van der Waals surface area (Å²) < 4.78 is 79.6. The van der Waals surface area contributed by atoms with E-state index in [0.717, 1.165) is 51.4 Å². The van der Waals surface area contributed by atoms with Gasteiger partial charge < -0.3 is 29.7 Å². The first kappa shape index (κ1) is 41.0. The Kier molecular flexibility index (Phi) is 10.9. The number of aliphatic hydroxyl groups excluding tert-OH is 1. The summed E-state index contributed by atoms with van der Waals surface area (Å²) in [6, 6.07) is 0. The summed E-state index contributed by atoms with van der Waals surface area (Å²) in [6.07, 6.45) is 5.90. The highest BCUT2D eigenvalue weighted by Crippen LogP contribution is 2.89. The molecule has 5 saturated carbocycles. The van der Waals surface area contributed by atoms with Gasteiger partial charge in [-0.3, -0.25) is 0 Å². The number of sulfonamides is 1. The number of halogens is 3. The number of nitrogens with one attached hydrogen (secondary N) is 2. The van der Waals surface area contributed by atoms with E-state index in [1.54, 1.807) is 21.0 Å². The van der Waals surface area contributed by atoms with E-state index in [9.17, 15) is 36.6 Å². The molecule has 0 aromatic heterocycles. The van der Waals surface area contributed by atoms with Gasteiger partial charge >= 0.3 is 21.6 Å². The Morgan fingerprint density at radius 1 is 1.00 bits per heavy atom. The molecule has 2 spiro atoms. The number of amides is 1. The summed E-state index contributed by atoms with van der Waals surface area (Å²) in [7, 11) is -3.80. The molecular formula is C37H63F3N2O8S. The first-order valence-corrected chi connectivity index (χ1v) is 20.4. The molecule has 0 aliphatic heterocycles. The Balaban J connectivity index is 1.27. The van der Waals surface area contributed by atoms with E-state index in [4.69, 9.17) is 14.2 Å². The van der Waals surface area contributed by atoms with Crippen molar-refractivity contribution in [3.8, 4) is 0 Å². The zero-order valence-corrected chi connectivity index (χ0v) is 32.8. The van der Waals surface area contributed by atoms with Gasteiger partial charge in [-0.15, -0.1) is 0 Å². The summed E-state index contributed by atoms with van der Waals surface area (Å²) >= 11 is 0. The highest BCUT2D eigenvalue weighted by atomic mass is 32.2. The lowest BCUT2D eigenvalue weighted by atomic mass is 9.41. The highest BCUT2D eigenvalue weighted by Gasteiger charge is 2.83. The minimum absolute atomic E-state index is 0.0747. The van der Waals surface area contributed by atoms with Crippen molar-refractivity contribution >= 4 is 16.1 Å². The van der Waals surface area contributed by atoms with Crippen LogP contribution in [0.25, 0.3) is 0 Å². The van der Waals surface area contributed by atoms with Crippen LogP contribution in [0.3, 0.4) is 0 Å². The van der Waals surface area contributed by atoms with Crippen molar-refractivity contribution in [2.24, 2.45) is 50.7 Å². The minimum Gasteiger partial charge on any atom is -0.446 e. The van der Waals surface area contributed by atoms with Crippen molar-refractivity contribution < 1.29 is 50.8 Å². The maximum Gasteiger partial charge on any atom is 0.511 e. The lowest BCUT2D eigenvalue weighted by Gasteiger charge is -2.63. The number of aliphatic hydroxyl groups is 2. The number of alkyl carbamates (subject to hydrolysis) is 1. The van der Waals surface area contributed by atoms with E-state index in [0.29, 0.717) is 24.9 Å². The van der Waals surface area contributed by atoms with E-state index in [1.165, 1.54) is 4.72 Å². The van der Waals surface area contributed by atoms with Crippen LogP contribution in [0.2, 0.25) is 0 Å². The lowest BCUT2D eigenvalue weighted by Crippen LogP contribution is -2.60. The molecule has 0 saturated heterocycles. The molecule has 0 aromatic rings. The van der Waals surface area contributed by atoms with Crippen molar-refractivity contribution in [1.29, 1.82) is 0 Å². The summed E-state index contributed by atoms with van der Waals surface area (Å²) in [5, 5.41) is 25.4. The van der Waals surface area contributed by atoms with Crippen LogP contribution in [0, 0.1) is 50.7 Å². The number of ether oxygens (including phenoxy) is 3. The number of fused-ring (bicyclic) bond motifs is 2. The van der Waals surface area contributed by atoms with E-state index >= 15 is 0 Å². The third-order valence-electron chi connectivity index (χ3n) is 15.4. The summed E-state index contributed by atoms with van der Waals surface area (Å²) in [6.45, 7) is 16.3. The molecule has 10 nitrogen and oxygen atoms in total. The Morgan fingerprint density at radius 2 is 1.63 bits per heavy atom. The molecule has 0 radical (unpaired) electrons. The van der Waals surface area contributed by atoms with Gasteiger partial charge in [-0.05, 0) is 118 Å². The van der Waals surface area contributed by atoms with Crippen LogP contribution in [0.1, 0.15) is 113 Å². The molecule has 5 rings (SSSR count). The second-order valence-electron chi connectivity index (χ2n) is 18.3. The third-order valence-corrected chi connectivity index (χ3v) is 16.6. The number of hydrogen-bond donors (Lipinski definition) is 4. The number of carbonyl (C=O) groups is 1. The molecule has 5 aliphatic rings. The first-order valence-electron chi connectivity index (χ1n) is 18.9. The van der Waals surface area contributed by atoms with Crippen LogP contribution in [-0.2, 0) is 24.2 Å².